The minimum atomic E-state index is -1.94. The van der Waals surface area contributed by atoms with Crippen molar-refractivity contribution in [2.45, 2.75) is 43.8 Å². The third kappa shape index (κ3) is 7.53. The summed E-state index contributed by atoms with van der Waals surface area (Å²) in [6.07, 6.45) is 0.823. The van der Waals surface area contributed by atoms with Gasteiger partial charge in [0.2, 0.25) is 5.91 Å². The number of urea groups is 2. The number of hydrogen-bond acceptors (Lipinski definition) is 11. The van der Waals surface area contributed by atoms with E-state index in [1.54, 1.807) is 12.1 Å². The number of nitrogens with zero attached hydrogens (tertiary/aromatic N) is 3. The normalized spacial score (nSPS) is 18.4. The molecule has 6 rings (SSSR count). The van der Waals surface area contributed by atoms with Gasteiger partial charge >= 0.3 is 25.1 Å². The number of piperidine rings is 1. The van der Waals surface area contributed by atoms with Crippen LogP contribution in [0.2, 0.25) is 5.02 Å². The zero-order chi connectivity index (χ0) is 38.3. The number of carboxylic acid groups (broad SMARTS) is 1. The van der Waals surface area contributed by atoms with E-state index in [0.29, 0.717) is 44.1 Å². The van der Waals surface area contributed by atoms with Crippen LogP contribution in [0.25, 0.3) is 0 Å². The molecule has 0 aliphatic carbocycles. The van der Waals surface area contributed by atoms with Crippen molar-refractivity contribution < 1.29 is 63.2 Å². The summed E-state index contributed by atoms with van der Waals surface area (Å²) in [7, 11) is -1.92. The first kappa shape index (κ1) is 37.2. The number of carbonyl (C=O) groups is 4. The Hall–Kier alpha value is -5.53. The van der Waals surface area contributed by atoms with Gasteiger partial charge in [-0.05, 0) is 54.7 Å². The van der Waals surface area contributed by atoms with Crippen molar-refractivity contribution in [3.8, 4) is 28.7 Å². The predicted octanol–water partition coefficient (Wildman–Crippen LogP) is 2.43. The highest BCUT2D eigenvalue weighted by molar-refractivity contribution is 6.47. The third-order valence-electron chi connectivity index (χ3n) is 9.44. The summed E-state index contributed by atoms with van der Waals surface area (Å²) in [4.78, 5) is 57.0. The van der Waals surface area contributed by atoms with Crippen LogP contribution in [0.1, 0.15) is 45.9 Å². The summed E-state index contributed by atoms with van der Waals surface area (Å²) in [5, 5.41) is 63.8. The zero-order valence-electron chi connectivity index (χ0n) is 27.6. The van der Waals surface area contributed by atoms with Gasteiger partial charge in [-0.15, -0.1) is 0 Å². The number of aromatic carboxylic acids is 1. The first-order valence-electron chi connectivity index (χ1n) is 16.3. The lowest BCUT2D eigenvalue weighted by molar-refractivity contribution is -0.123. The molecular weight excluding hydrogens is 727 g/mol. The van der Waals surface area contributed by atoms with Gasteiger partial charge in [-0.1, -0.05) is 17.7 Å². The first-order chi connectivity index (χ1) is 25.1. The van der Waals surface area contributed by atoms with E-state index in [-0.39, 0.29) is 42.6 Å². The Morgan fingerprint density at radius 2 is 1.64 bits per heavy atom. The lowest BCUT2D eigenvalue weighted by atomic mass is 9.72. The molecule has 0 spiro atoms. The van der Waals surface area contributed by atoms with Crippen molar-refractivity contribution >= 4 is 42.7 Å². The summed E-state index contributed by atoms with van der Waals surface area (Å²) in [5.41, 5.74) is -0.538. The summed E-state index contributed by atoms with van der Waals surface area (Å²) < 4.78 is 34.2. The number of aromatic hydroxyl groups is 4. The van der Waals surface area contributed by atoms with Crippen molar-refractivity contribution in [1.82, 2.24) is 25.3 Å². The molecule has 3 aliphatic heterocycles. The van der Waals surface area contributed by atoms with Gasteiger partial charge in [-0.25, -0.2) is 28.1 Å². The van der Waals surface area contributed by atoms with Gasteiger partial charge in [0.15, 0.2) is 17.3 Å². The summed E-state index contributed by atoms with van der Waals surface area (Å²) >= 11 is 6.19. The maximum atomic E-state index is 14.7. The van der Waals surface area contributed by atoms with E-state index in [4.69, 9.17) is 16.3 Å². The first-order valence-corrected chi connectivity index (χ1v) is 16.7. The monoisotopic (exact) mass is 759 g/mol. The summed E-state index contributed by atoms with van der Waals surface area (Å²) in [5.74, 6) is -9.59. The molecule has 1 unspecified atom stereocenters. The molecule has 20 heteroatoms. The van der Waals surface area contributed by atoms with Crippen LogP contribution in [0.3, 0.4) is 0 Å². The van der Waals surface area contributed by atoms with Gasteiger partial charge in [-0.3, -0.25) is 9.69 Å². The number of likely N-dealkylation sites (tertiary alicyclic amines) is 1. The van der Waals surface area contributed by atoms with Crippen LogP contribution in [0.4, 0.5) is 18.4 Å². The maximum absolute atomic E-state index is 14.7. The molecule has 2 saturated heterocycles. The van der Waals surface area contributed by atoms with E-state index in [1.807, 2.05) is 0 Å². The van der Waals surface area contributed by atoms with E-state index in [1.165, 1.54) is 17.0 Å². The topological polar surface area (TPSA) is 233 Å². The van der Waals surface area contributed by atoms with Crippen LogP contribution >= 0.6 is 11.6 Å². The molecule has 0 bridgehead atoms. The average molecular weight is 760 g/mol. The highest BCUT2D eigenvalue weighted by Crippen LogP contribution is 2.41. The number of benzene rings is 3. The van der Waals surface area contributed by atoms with Crippen molar-refractivity contribution in [2.75, 3.05) is 26.2 Å². The number of carbonyl (C=O) groups excluding carboxylic acids is 3. The Bertz CT molecular complexity index is 1970. The molecule has 2 fully saturated rings. The lowest BCUT2D eigenvalue weighted by Gasteiger charge is -2.36. The Balaban J connectivity index is 1.16. The molecule has 2 atom stereocenters. The van der Waals surface area contributed by atoms with Crippen LogP contribution in [0.5, 0.6) is 28.7 Å². The number of halogens is 3. The maximum Gasteiger partial charge on any atom is 0.547 e. The van der Waals surface area contributed by atoms with E-state index in [9.17, 15) is 58.5 Å². The number of amides is 5. The SMILES string of the molecule is O=C(O)c1c(F)ccc2c1OB(O)[C@@H](NC(=O)C(NC(=O)N1CCN(C3CCN(Cc4cc(O)cc(O)c4)CC3)C1=O)c1cc(F)c(O)c(O)c1Cl)C2. The molecule has 8 N–H and O–H groups in total. The second-order valence-corrected chi connectivity index (χ2v) is 13.3. The number of fused-ring (bicyclic) bond motifs is 1. The summed E-state index contributed by atoms with van der Waals surface area (Å²) in [6, 6.07) is 3.05. The number of nitrogens with one attached hydrogen (secondary N) is 2. The quantitative estimate of drug-likeness (QED) is 0.122. The highest BCUT2D eigenvalue weighted by atomic mass is 35.5. The van der Waals surface area contributed by atoms with E-state index in [2.05, 4.69) is 15.5 Å². The second-order valence-electron chi connectivity index (χ2n) is 12.9. The van der Waals surface area contributed by atoms with Crippen LogP contribution in [0, 0.1) is 11.6 Å². The summed E-state index contributed by atoms with van der Waals surface area (Å²) in [6.45, 7) is 1.67. The molecule has 0 saturated carbocycles. The molecule has 3 aliphatic rings. The number of imide groups is 1. The molecule has 0 aromatic heterocycles. The van der Waals surface area contributed by atoms with Gasteiger partial charge in [0, 0.05) is 50.4 Å². The van der Waals surface area contributed by atoms with Gasteiger partial charge < -0.3 is 50.7 Å². The second kappa shape index (κ2) is 14.8. The van der Waals surface area contributed by atoms with Crippen LogP contribution < -0.4 is 15.3 Å². The predicted molar refractivity (Wildman–Crippen MR) is 180 cm³/mol. The van der Waals surface area contributed by atoms with Gasteiger partial charge in [0.25, 0.3) is 0 Å². The molecule has 5 amide bonds. The van der Waals surface area contributed by atoms with Crippen molar-refractivity contribution in [3.05, 3.63) is 75.3 Å². The molecule has 53 heavy (non-hydrogen) atoms. The third-order valence-corrected chi connectivity index (χ3v) is 9.84. The van der Waals surface area contributed by atoms with Crippen LogP contribution in [-0.4, -0.2) is 114 Å². The lowest BCUT2D eigenvalue weighted by Crippen LogP contribution is -2.56. The van der Waals surface area contributed by atoms with Gasteiger partial charge in [-0.2, -0.15) is 0 Å². The Kier molecular flexibility index (Phi) is 10.4. The molecular formula is C33H33BClF2N5O11. The fourth-order valence-electron chi connectivity index (χ4n) is 6.82. The fraction of sp³-hybridized carbons (Fsp3) is 0.333. The molecule has 16 nitrogen and oxygen atoms in total. The van der Waals surface area contributed by atoms with E-state index in [0.717, 1.165) is 11.0 Å². The van der Waals surface area contributed by atoms with E-state index >= 15 is 0 Å². The average Bonchev–Trinajstić information content (AvgIpc) is 3.49. The molecule has 3 aromatic carbocycles. The van der Waals surface area contributed by atoms with Crippen LogP contribution in [-0.2, 0) is 17.8 Å². The fourth-order valence-corrected chi connectivity index (χ4v) is 7.07. The number of carboxylic acids is 1. The van der Waals surface area contributed by atoms with Crippen LogP contribution in [0.15, 0.2) is 36.4 Å². The molecule has 0 radical (unpaired) electrons. The molecule has 3 heterocycles. The number of hydrogen-bond donors (Lipinski definition) is 8. The Morgan fingerprint density at radius 3 is 2.30 bits per heavy atom. The molecule has 3 aromatic rings. The van der Waals surface area contributed by atoms with E-state index < -0.39 is 88.1 Å². The minimum Gasteiger partial charge on any atom is -0.534 e. The highest BCUT2D eigenvalue weighted by Gasteiger charge is 2.43. The molecule has 280 valence electrons. The minimum absolute atomic E-state index is 0.0643. The van der Waals surface area contributed by atoms with Crippen molar-refractivity contribution in [1.29, 1.82) is 0 Å². The Morgan fingerprint density at radius 1 is 0.962 bits per heavy atom. The van der Waals surface area contributed by atoms with Crippen molar-refractivity contribution in [3.63, 3.8) is 0 Å². The zero-order valence-corrected chi connectivity index (χ0v) is 28.4. The van der Waals surface area contributed by atoms with Crippen molar-refractivity contribution in [2.24, 2.45) is 0 Å². The largest absolute Gasteiger partial charge is 0.547 e. The Labute approximate surface area is 304 Å². The van der Waals surface area contributed by atoms with Gasteiger partial charge in [0.1, 0.15) is 34.7 Å². The number of phenolic OH excluding ortho intramolecular Hbond substituents is 4. The number of rotatable bonds is 8. The standard InChI is InChI=1S/C33H33BClF2N5O11/c35-25-20(13-22(37)27(45)28(25)46)26(30(47)38-23-11-16-1-2-21(36)24(31(48)49)29(16)53-34(23)52)39-32(50)42-8-7-41(33(42)51)17-3-5-40(6-4-17)14-15-9-18(43)12-19(44)10-15/h1-2,9-10,12-13,17,23,26,43-46,52H,3-8,11,14H2,(H,38,47)(H,39,50)(H,48,49)/t23-,26?/m0/s1. The van der Waals surface area contributed by atoms with Gasteiger partial charge in [0.05, 0.1) is 11.0 Å². The number of phenols is 4. The smallest absolute Gasteiger partial charge is 0.534 e.